The van der Waals surface area contributed by atoms with Crippen molar-refractivity contribution in [2.75, 3.05) is 5.32 Å². The number of pyridine rings is 1. The van der Waals surface area contributed by atoms with E-state index in [9.17, 15) is 10.1 Å². The van der Waals surface area contributed by atoms with Crippen LogP contribution in [0, 0.1) is 28.4 Å². The van der Waals surface area contributed by atoms with E-state index in [0.29, 0.717) is 17.8 Å². The Bertz CT molecular complexity index is 990. The summed E-state index contributed by atoms with van der Waals surface area (Å²) in [4.78, 5) is 15.1. The Hall–Kier alpha value is -2.92. The number of aromatic nitrogens is 2. The number of nitro groups is 1. The highest BCUT2D eigenvalue weighted by molar-refractivity contribution is 9.10. The summed E-state index contributed by atoms with van der Waals surface area (Å²) in [6.45, 7) is 2.05. The van der Waals surface area contributed by atoms with Crippen molar-refractivity contribution < 1.29 is 4.92 Å². The number of hydrogen-bond acceptors (Lipinski definition) is 5. The number of hydrogen-bond donors (Lipinski definition) is 1. The van der Waals surface area contributed by atoms with E-state index < -0.39 is 4.92 Å². The number of nitriles is 1. The van der Waals surface area contributed by atoms with Gasteiger partial charge in [-0.25, -0.2) is 4.98 Å². The molecular formula is C16H12BrN5O2. The molecule has 0 aliphatic rings. The highest BCUT2D eigenvalue weighted by atomic mass is 79.9. The number of rotatable bonds is 4. The first-order chi connectivity index (χ1) is 11.5. The van der Waals surface area contributed by atoms with Crippen molar-refractivity contribution in [3.8, 4) is 6.07 Å². The summed E-state index contributed by atoms with van der Waals surface area (Å²) in [5, 5.41) is 23.3. The van der Waals surface area contributed by atoms with E-state index in [4.69, 9.17) is 5.26 Å². The van der Waals surface area contributed by atoms with Crippen LogP contribution in [0.5, 0.6) is 0 Å². The molecule has 3 rings (SSSR count). The lowest BCUT2D eigenvalue weighted by molar-refractivity contribution is -0.385. The lowest BCUT2D eigenvalue weighted by Gasteiger charge is -2.09. The highest BCUT2D eigenvalue weighted by Crippen LogP contribution is 2.28. The molecule has 2 heterocycles. The van der Waals surface area contributed by atoms with Gasteiger partial charge in [-0.05, 0) is 41.1 Å². The molecule has 0 aliphatic carbocycles. The molecule has 1 N–H and O–H groups in total. The number of imidazole rings is 1. The Morgan fingerprint density at radius 3 is 2.92 bits per heavy atom. The van der Waals surface area contributed by atoms with Crippen LogP contribution in [0.4, 0.5) is 11.4 Å². The fourth-order valence-corrected chi connectivity index (χ4v) is 2.78. The van der Waals surface area contributed by atoms with Gasteiger partial charge in [-0.1, -0.05) is 0 Å². The molecule has 3 aromatic rings. The third kappa shape index (κ3) is 3.07. The van der Waals surface area contributed by atoms with Crippen molar-refractivity contribution in [2.24, 2.45) is 0 Å². The van der Waals surface area contributed by atoms with Gasteiger partial charge < -0.3 is 9.72 Å². The minimum Gasteiger partial charge on any atom is -0.379 e. The molecule has 8 heteroatoms. The standard InChI is InChI=1S/C16H12BrN5O2/c1-10-14(4-11(6-18)5-15(10)22(23)24)19-7-13-9-21-8-12(17)2-3-16(21)20-13/h2-5,8-9,19H,7H2,1H3. The van der Waals surface area contributed by atoms with Gasteiger partial charge in [-0.3, -0.25) is 10.1 Å². The van der Waals surface area contributed by atoms with Crippen LogP contribution < -0.4 is 5.32 Å². The Labute approximate surface area is 145 Å². The van der Waals surface area contributed by atoms with E-state index in [1.807, 2.05) is 35.0 Å². The molecule has 0 aliphatic heterocycles. The van der Waals surface area contributed by atoms with Crippen LogP contribution in [0.2, 0.25) is 0 Å². The van der Waals surface area contributed by atoms with E-state index >= 15 is 0 Å². The Morgan fingerprint density at radius 2 is 2.21 bits per heavy atom. The summed E-state index contributed by atoms with van der Waals surface area (Å²) in [5.41, 5.74) is 2.81. The number of nitrogens with zero attached hydrogens (tertiary/aromatic N) is 4. The molecule has 0 fully saturated rings. The molecule has 0 bridgehead atoms. The average Bonchev–Trinajstić information content (AvgIpc) is 2.95. The fourth-order valence-electron chi connectivity index (χ4n) is 2.42. The second-order valence-electron chi connectivity index (χ2n) is 5.24. The van der Waals surface area contributed by atoms with Crippen LogP contribution in [0.3, 0.4) is 0 Å². The van der Waals surface area contributed by atoms with Gasteiger partial charge in [-0.15, -0.1) is 0 Å². The summed E-state index contributed by atoms with van der Waals surface area (Å²) in [7, 11) is 0. The first-order valence-electron chi connectivity index (χ1n) is 7.04. The van der Waals surface area contributed by atoms with Crippen molar-refractivity contribution in [3.05, 3.63) is 68.1 Å². The molecule has 0 amide bonds. The Morgan fingerprint density at radius 1 is 1.42 bits per heavy atom. The highest BCUT2D eigenvalue weighted by Gasteiger charge is 2.16. The average molecular weight is 386 g/mol. The minimum atomic E-state index is -0.482. The van der Waals surface area contributed by atoms with Crippen molar-refractivity contribution in [1.29, 1.82) is 5.26 Å². The third-order valence-corrected chi connectivity index (χ3v) is 4.10. The monoisotopic (exact) mass is 385 g/mol. The zero-order valence-corrected chi connectivity index (χ0v) is 14.2. The van der Waals surface area contributed by atoms with Crippen molar-refractivity contribution in [1.82, 2.24) is 9.38 Å². The second kappa shape index (κ2) is 6.29. The zero-order valence-electron chi connectivity index (χ0n) is 12.7. The maximum absolute atomic E-state index is 11.1. The van der Waals surface area contributed by atoms with Crippen LogP contribution in [-0.2, 0) is 6.54 Å². The summed E-state index contributed by atoms with van der Waals surface area (Å²) in [6.07, 6.45) is 3.78. The fraction of sp³-hybridized carbons (Fsp3) is 0.125. The third-order valence-electron chi connectivity index (χ3n) is 3.63. The van der Waals surface area contributed by atoms with Gasteiger partial charge in [0.2, 0.25) is 0 Å². The molecular weight excluding hydrogens is 374 g/mol. The number of nitrogens with one attached hydrogen (secondary N) is 1. The van der Waals surface area contributed by atoms with Gasteiger partial charge in [0, 0.05) is 34.2 Å². The van der Waals surface area contributed by atoms with Crippen LogP contribution in [0.1, 0.15) is 16.8 Å². The SMILES string of the molecule is Cc1c(NCc2cn3cc(Br)ccc3n2)cc(C#N)cc1[N+](=O)[O-]. The van der Waals surface area contributed by atoms with Gasteiger partial charge in [0.1, 0.15) is 5.65 Å². The van der Waals surface area contributed by atoms with E-state index in [-0.39, 0.29) is 11.3 Å². The van der Waals surface area contributed by atoms with Gasteiger partial charge in [-0.2, -0.15) is 5.26 Å². The number of fused-ring (bicyclic) bond motifs is 1. The smallest absolute Gasteiger partial charge is 0.275 e. The van der Waals surface area contributed by atoms with Crippen molar-refractivity contribution in [2.45, 2.75) is 13.5 Å². The molecule has 0 unspecified atom stereocenters. The van der Waals surface area contributed by atoms with Gasteiger partial charge >= 0.3 is 0 Å². The molecule has 0 saturated heterocycles. The minimum absolute atomic E-state index is 0.0736. The summed E-state index contributed by atoms with van der Waals surface area (Å²) < 4.78 is 2.84. The summed E-state index contributed by atoms with van der Waals surface area (Å²) >= 11 is 3.41. The normalized spacial score (nSPS) is 10.5. The molecule has 0 atom stereocenters. The number of benzene rings is 1. The molecule has 120 valence electrons. The molecule has 7 nitrogen and oxygen atoms in total. The number of halogens is 1. The first-order valence-corrected chi connectivity index (χ1v) is 7.83. The molecule has 2 aromatic heterocycles. The predicted octanol–water partition coefficient (Wildman–Crippen LogP) is 3.80. The van der Waals surface area contributed by atoms with E-state index in [1.54, 1.807) is 13.0 Å². The molecule has 1 aromatic carbocycles. The topological polar surface area (TPSA) is 96.3 Å². The van der Waals surface area contributed by atoms with Crippen LogP contribution >= 0.6 is 15.9 Å². The molecule has 0 saturated carbocycles. The zero-order chi connectivity index (χ0) is 17.3. The first kappa shape index (κ1) is 16.0. The largest absolute Gasteiger partial charge is 0.379 e. The van der Waals surface area contributed by atoms with E-state index in [2.05, 4.69) is 26.2 Å². The molecule has 0 spiro atoms. The maximum Gasteiger partial charge on any atom is 0.275 e. The van der Waals surface area contributed by atoms with Crippen LogP contribution in [0.25, 0.3) is 5.65 Å². The lowest BCUT2D eigenvalue weighted by Crippen LogP contribution is -2.04. The van der Waals surface area contributed by atoms with Gasteiger partial charge in [0.25, 0.3) is 5.69 Å². The van der Waals surface area contributed by atoms with E-state index in [0.717, 1.165) is 15.8 Å². The second-order valence-corrected chi connectivity index (χ2v) is 6.15. The maximum atomic E-state index is 11.1. The quantitative estimate of drug-likeness (QED) is 0.544. The molecule has 0 radical (unpaired) electrons. The summed E-state index contributed by atoms with van der Waals surface area (Å²) in [5.74, 6) is 0. The van der Waals surface area contributed by atoms with Crippen molar-refractivity contribution in [3.63, 3.8) is 0 Å². The van der Waals surface area contributed by atoms with Gasteiger partial charge in [0.05, 0.1) is 28.8 Å². The molecule has 24 heavy (non-hydrogen) atoms. The van der Waals surface area contributed by atoms with Crippen molar-refractivity contribution >= 4 is 33.0 Å². The van der Waals surface area contributed by atoms with Crippen LogP contribution in [-0.4, -0.2) is 14.3 Å². The van der Waals surface area contributed by atoms with Crippen LogP contribution in [0.15, 0.2) is 41.1 Å². The Balaban J connectivity index is 1.89. The predicted molar refractivity (Wildman–Crippen MR) is 92.8 cm³/mol. The number of nitro benzene ring substituents is 1. The number of anilines is 1. The lowest BCUT2D eigenvalue weighted by atomic mass is 10.1. The summed E-state index contributed by atoms with van der Waals surface area (Å²) in [6, 6.07) is 8.63. The van der Waals surface area contributed by atoms with E-state index in [1.165, 1.54) is 6.07 Å². The van der Waals surface area contributed by atoms with Gasteiger partial charge in [0.15, 0.2) is 0 Å². The Kier molecular flexibility index (Phi) is 4.18.